The fourth-order valence-electron chi connectivity index (χ4n) is 1.46. The zero-order valence-corrected chi connectivity index (χ0v) is 11.1. The molecule has 0 spiro atoms. The van der Waals surface area contributed by atoms with E-state index in [1.165, 1.54) is 21.1 Å². The van der Waals surface area contributed by atoms with Crippen LogP contribution in [-0.4, -0.2) is 42.1 Å². The largest absolute Gasteiger partial charge is 0.388 e. The highest BCUT2D eigenvalue weighted by molar-refractivity contribution is 6.01. The van der Waals surface area contributed by atoms with E-state index in [9.17, 15) is 14.7 Å². The van der Waals surface area contributed by atoms with Gasteiger partial charge in [0.1, 0.15) is 0 Å². The molecule has 0 aromatic heterocycles. The number of aliphatic hydroxyl groups excluding tert-OH is 1. The normalized spacial score (nSPS) is 15.9. The Hall–Kier alpha value is -1.20. The predicted octanol–water partition coefficient (Wildman–Crippen LogP) is 0.784. The van der Waals surface area contributed by atoms with Crippen molar-refractivity contribution >= 4 is 11.7 Å². The van der Waals surface area contributed by atoms with Gasteiger partial charge in [-0.15, -0.1) is 0 Å². The summed E-state index contributed by atoms with van der Waals surface area (Å²) in [5, 5.41) is 10.7. The Bertz CT molecular complexity index is 314. The minimum atomic E-state index is -0.925. The van der Waals surface area contributed by atoms with Crippen molar-refractivity contribution in [1.82, 2.24) is 5.06 Å². The number of hydrogen-bond acceptors (Lipinski definition) is 4. The highest BCUT2D eigenvalue weighted by atomic mass is 16.7. The average molecular weight is 243 g/mol. The molecule has 0 fully saturated rings. The van der Waals surface area contributed by atoms with E-state index in [-0.39, 0.29) is 5.78 Å². The maximum atomic E-state index is 11.9. The quantitative estimate of drug-likeness (QED) is 0.425. The first-order valence-electron chi connectivity index (χ1n) is 5.42. The molecule has 0 aliphatic rings. The van der Waals surface area contributed by atoms with Crippen molar-refractivity contribution in [2.45, 2.75) is 26.9 Å². The topological polar surface area (TPSA) is 66.8 Å². The molecule has 0 aromatic carbocycles. The lowest BCUT2D eigenvalue weighted by Gasteiger charge is -2.23. The Morgan fingerprint density at radius 3 is 2.18 bits per heavy atom. The van der Waals surface area contributed by atoms with Crippen molar-refractivity contribution in [1.29, 1.82) is 0 Å². The van der Waals surface area contributed by atoms with Crippen molar-refractivity contribution < 1.29 is 19.5 Å². The standard InChI is InChI=1S/C12H21NO4/c1-7(2)10(14)8(3)11(15)9(4)12(16)13(5)17-6/h8-10,14H,1H2,2-6H3/t8-,9-,10+/m0/s1. The second kappa shape index (κ2) is 6.51. The van der Waals surface area contributed by atoms with Crippen LogP contribution in [0.1, 0.15) is 20.8 Å². The number of amides is 1. The predicted molar refractivity (Wildman–Crippen MR) is 63.9 cm³/mol. The van der Waals surface area contributed by atoms with Gasteiger partial charge in [-0.1, -0.05) is 19.1 Å². The van der Waals surface area contributed by atoms with Gasteiger partial charge >= 0.3 is 0 Å². The number of rotatable bonds is 6. The van der Waals surface area contributed by atoms with E-state index in [1.54, 1.807) is 13.8 Å². The van der Waals surface area contributed by atoms with Crippen LogP contribution in [0, 0.1) is 11.8 Å². The van der Waals surface area contributed by atoms with Gasteiger partial charge in [-0.25, -0.2) is 5.06 Å². The van der Waals surface area contributed by atoms with Gasteiger partial charge in [0, 0.05) is 13.0 Å². The second-order valence-corrected chi connectivity index (χ2v) is 4.22. The molecule has 0 aliphatic carbocycles. The molecule has 0 aromatic rings. The second-order valence-electron chi connectivity index (χ2n) is 4.22. The van der Waals surface area contributed by atoms with Crippen LogP contribution in [0.2, 0.25) is 0 Å². The maximum Gasteiger partial charge on any atom is 0.256 e. The molecule has 1 N–H and O–H groups in total. The van der Waals surface area contributed by atoms with Crippen molar-refractivity contribution in [3.63, 3.8) is 0 Å². The summed E-state index contributed by atoms with van der Waals surface area (Å²) in [6.07, 6.45) is -0.925. The average Bonchev–Trinajstić information content (AvgIpc) is 2.32. The summed E-state index contributed by atoms with van der Waals surface area (Å²) < 4.78 is 0. The summed E-state index contributed by atoms with van der Waals surface area (Å²) in [6, 6.07) is 0. The lowest BCUT2D eigenvalue weighted by molar-refractivity contribution is -0.174. The lowest BCUT2D eigenvalue weighted by Crippen LogP contribution is -2.39. The molecule has 0 saturated carbocycles. The third-order valence-electron chi connectivity index (χ3n) is 2.81. The van der Waals surface area contributed by atoms with Gasteiger partial charge in [0.2, 0.25) is 0 Å². The van der Waals surface area contributed by atoms with Gasteiger partial charge in [0.25, 0.3) is 5.91 Å². The van der Waals surface area contributed by atoms with Crippen LogP contribution in [0.5, 0.6) is 0 Å². The lowest BCUT2D eigenvalue weighted by atomic mass is 9.88. The highest BCUT2D eigenvalue weighted by Gasteiger charge is 2.32. The molecule has 0 saturated heterocycles. The third kappa shape index (κ3) is 3.94. The molecule has 0 radical (unpaired) electrons. The summed E-state index contributed by atoms with van der Waals surface area (Å²) >= 11 is 0. The molecular weight excluding hydrogens is 222 g/mol. The number of hydroxylamine groups is 2. The van der Waals surface area contributed by atoms with Gasteiger partial charge in [0.05, 0.1) is 19.1 Å². The molecule has 3 atom stereocenters. The molecule has 1 amide bonds. The first-order chi connectivity index (χ1) is 7.73. The van der Waals surface area contributed by atoms with E-state index < -0.39 is 23.8 Å². The molecule has 5 heteroatoms. The zero-order valence-electron chi connectivity index (χ0n) is 11.1. The van der Waals surface area contributed by atoms with E-state index in [0.29, 0.717) is 5.57 Å². The summed E-state index contributed by atoms with van der Waals surface area (Å²) in [5.41, 5.74) is 0.505. The van der Waals surface area contributed by atoms with Gasteiger partial charge in [0.15, 0.2) is 5.78 Å². The summed E-state index contributed by atoms with van der Waals surface area (Å²) in [5.74, 6) is -2.26. The molecule has 0 heterocycles. The summed E-state index contributed by atoms with van der Waals surface area (Å²) in [7, 11) is 2.78. The van der Waals surface area contributed by atoms with Crippen molar-refractivity contribution in [3.05, 3.63) is 12.2 Å². The Balaban J connectivity index is 4.71. The van der Waals surface area contributed by atoms with E-state index in [0.717, 1.165) is 5.06 Å². The highest BCUT2D eigenvalue weighted by Crippen LogP contribution is 2.17. The van der Waals surface area contributed by atoms with Crippen LogP contribution in [0.4, 0.5) is 0 Å². The smallest absolute Gasteiger partial charge is 0.256 e. The van der Waals surface area contributed by atoms with Crippen LogP contribution in [-0.2, 0) is 14.4 Å². The minimum absolute atomic E-state index is 0.325. The summed E-state index contributed by atoms with van der Waals surface area (Å²) in [6.45, 7) is 8.32. The SMILES string of the molecule is C=C(C)[C@@H](O)[C@H](C)C(=O)[C@H](C)C(=O)N(C)OC. The molecule has 0 aliphatic heterocycles. The molecule has 98 valence electrons. The van der Waals surface area contributed by atoms with Crippen molar-refractivity contribution in [2.24, 2.45) is 11.8 Å². The van der Waals surface area contributed by atoms with Crippen LogP contribution in [0.15, 0.2) is 12.2 Å². The third-order valence-corrected chi connectivity index (χ3v) is 2.81. The van der Waals surface area contributed by atoms with Crippen LogP contribution in [0.3, 0.4) is 0 Å². The monoisotopic (exact) mass is 243 g/mol. The fourth-order valence-corrected chi connectivity index (χ4v) is 1.46. The zero-order chi connectivity index (χ0) is 13.7. The molecule has 17 heavy (non-hydrogen) atoms. The van der Waals surface area contributed by atoms with E-state index in [1.807, 2.05) is 0 Å². The fraction of sp³-hybridized carbons (Fsp3) is 0.667. The Kier molecular flexibility index (Phi) is 6.05. The number of carbonyl (C=O) groups excluding carboxylic acids is 2. The number of carbonyl (C=O) groups is 2. The molecule has 0 unspecified atom stereocenters. The molecule has 0 rings (SSSR count). The number of nitrogens with zero attached hydrogens (tertiary/aromatic N) is 1. The van der Waals surface area contributed by atoms with Gasteiger partial charge in [-0.2, -0.15) is 0 Å². The van der Waals surface area contributed by atoms with Gasteiger partial charge in [-0.3, -0.25) is 14.4 Å². The van der Waals surface area contributed by atoms with Crippen molar-refractivity contribution in [3.8, 4) is 0 Å². The number of ketones is 1. The number of aliphatic hydroxyl groups is 1. The minimum Gasteiger partial charge on any atom is -0.388 e. The first kappa shape index (κ1) is 15.8. The van der Waals surface area contributed by atoms with E-state index in [4.69, 9.17) is 4.84 Å². The van der Waals surface area contributed by atoms with E-state index >= 15 is 0 Å². The number of Topliss-reactive ketones (excluding diaryl/α,β-unsaturated/α-hetero) is 1. The van der Waals surface area contributed by atoms with Crippen LogP contribution < -0.4 is 0 Å². The molecular formula is C12H21NO4. The summed E-state index contributed by atoms with van der Waals surface area (Å²) in [4.78, 5) is 28.4. The number of hydrogen-bond donors (Lipinski definition) is 1. The molecule has 0 bridgehead atoms. The Morgan fingerprint density at radius 1 is 1.35 bits per heavy atom. The Labute approximate surface area is 102 Å². The van der Waals surface area contributed by atoms with E-state index in [2.05, 4.69) is 6.58 Å². The van der Waals surface area contributed by atoms with Gasteiger partial charge < -0.3 is 5.11 Å². The van der Waals surface area contributed by atoms with Crippen LogP contribution in [0.25, 0.3) is 0 Å². The first-order valence-corrected chi connectivity index (χ1v) is 5.42. The maximum absolute atomic E-state index is 11.9. The Morgan fingerprint density at radius 2 is 1.82 bits per heavy atom. The molecule has 5 nitrogen and oxygen atoms in total. The van der Waals surface area contributed by atoms with Crippen molar-refractivity contribution in [2.75, 3.05) is 14.2 Å². The van der Waals surface area contributed by atoms with Crippen LogP contribution >= 0.6 is 0 Å². The van der Waals surface area contributed by atoms with Gasteiger partial charge in [-0.05, 0) is 13.8 Å².